The number of benzene rings is 2. The summed E-state index contributed by atoms with van der Waals surface area (Å²) in [5.74, 6) is -15.0. The fourth-order valence-electron chi connectivity index (χ4n) is 10.6. The van der Waals surface area contributed by atoms with Crippen molar-refractivity contribution in [1.29, 1.82) is 0 Å². The Morgan fingerprint density at radius 3 is 1.65 bits per heavy atom. The van der Waals surface area contributed by atoms with Gasteiger partial charge < -0.3 is 79.2 Å². The number of nitrogens with two attached hydrogens (primary N) is 1. The number of carbonyl (C=O) groups is 12. The number of carbonyl (C=O) groups excluding carboxylic acids is 12. The third kappa shape index (κ3) is 21.1. The smallest absolute Gasteiger partial charge is 0.329 e. The molecule has 0 bridgehead atoms. The van der Waals surface area contributed by atoms with Gasteiger partial charge >= 0.3 is 5.97 Å². The van der Waals surface area contributed by atoms with Crippen LogP contribution in [0.2, 0.25) is 0 Å². The molecule has 2 aliphatic rings. The maximum absolute atomic E-state index is 14.4. The lowest BCUT2D eigenvalue weighted by molar-refractivity contribution is -0.157. The first-order chi connectivity index (χ1) is 43.4. The molecule has 2 aromatic carbocycles. The molecule has 1 aliphatic carbocycles. The summed E-state index contributed by atoms with van der Waals surface area (Å²) in [6.45, 7) is 13.7. The normalized spacial score (nSPS) is 22.9. The molecule has 2 unspecified atom stereocenters. The number of primary amides is 1. The van der Waals surface area contributed by atoms with Crippen LogP contribution in [0.1, 0.15) is 133 Å². The number of fused-ring (bicyclic) bond motifs is 1. The summed E-state index contributed by atoms with van der Waals surface area (Å²) in [5, 5.41) is 51.2. The van der Waals surface area contributed by atoms with E-state index in [-0.39, 0.29) is 19.3 Å². The Morgan fingerprint density at radius 1 is 0.641 bits per heavy atom. The van der Waals surface area contributed by atoms with Crippen molar-refractivity contribution in [1.82, 2.24) is 58.5 Å². The van der Waals surface area contributed by atoms with E-state index in [9.17, 15) is 76.5 Å². The van der Waals surface area contributed by atoms with Crippen molar-refractivity contribution in [3.8, 4) is 0 Å². The highest BCUT2D eigenvalue weighted by Gasteiger charge is 2.62. The largest absolute Gasteiger partial charge is 0.458 e. The molecule has 0 radical (unpaired) electrons. The number of ether oxygens (including phenoxy) is 1. The summed E-state index contributed by atoms with van der Waals surface area (Å²) < 4.78 is 32.8. The number of esters is 1. The third-order valence-corrected chi connectivity index (χ3v) is 17.7. The van der Waals surface area contributed by atoms with E-state index >= 15 is 0 Å². The SMILES string of the molecule is CC[C@H](C)[C@H](NC(=O)[C@@H](CCc1ccc2ccccc2c1)NC)C(=O)N[C@@H](CO)C(=O)N[C@H](CCC(N)=O)C(=O)N[C@@H](C(=O)N[C@H](C(=O)N[C@@H](CO)C(=O)N[C@H]1C(=O)N[C@@H](C)C(=O)NC2(CC2CC(F)F)C(=O)N[C@@H]([C@@H](C)CC)C(=O)O[C@H]1C)[C@@H](C)CC)[C@@H](C)CC. The van der Waals surface area contributed by atoms with Crippen molar-refractivity contribution in [3.63, 3.8) is 0 Å². The van der Waals surface area contributed by atoms with Gasteiger partial charge in [0.05, 0.1) is 19.3 Å². The first-order valence-corrected chi connectivity index (χ1v) is 31.6. The molecule has 4 rings (SSSR count). The molecule has 27 nitrogen and oxygen atoms in total. The standard InChI is InChI=1S/C63H96F2N12O15/c1-12-31(5)47(72-53(82)41(67-11)23-21-37-20-22-38-18-16-17-19-39(38)26-37)57(86)70-43(29-78)55(84)69-42(24-25-46(66)80)54(83)73-49(33(7)14-3)59(88)74-48(32(6)13-2)58(87)71-44(30-79)56(85)75-51-36(10)92-61(90)50(34(8)15-4)76-62(91)63(28-40(63)27-45(64)65)77-52(81)35(9)68-60(51)89/h16-20,22,26,31-36,40-45,47-51,67,78-79H,12-15,21,23-25,27-30H2,1-11H3,(H2,66,80)(H,68,89)(H,69,84)(H,70,86)(H,71,87)(H,72,82)(H,73,83)(H,74,88)(H,75,85)(H,76,91)(H,77,81)/t31-,32-,33-,34-,35-,36-,40?,41+,42+,43-,44-,47-,48-,49+,50-,51+,63?/m0/s1. The molecule has 1 aliphatic heterocycles. The number of hydrogen-bond donors (Lipinski definition) is 14. The third-order valence-electron chi connectivity index (χ3n) is 17.7. The summed E-state index contributed by atoms with van der Waals surface area (Å²) in [5.41, 5.74) is 4.63. The van der Waals surface area contributed by atoms with Crippen molar-refractivity contribution >= 4 is 81.7 Å². The average molecular weight is 1300 g/mol. The van der Waals surface area contributed by atoms with Gasteiger partial charge in [-0.05, 0) is 92.5 Å². The molecule has 2 aromatic rings. The predicted molar refractivity (Wildman–Crippen MR) is 334 cm³/mol. The quantitative estimate of drug-likeness (QED) is 0.0406. The van der Waals surface area contributed by atoms with E-state index in [2.05, 4.69) is 58.5 Å². The minimum absolute atomic E-state index is 0.185. The van der Waals surface area contributed by atoms with Crippen LogP contribution in [0.15, 0.2) is 42.5 Å². The Kier molecular flexibility index (Phi) is 29.8. The number of halogens is 2. The van der Waals surface area contributed by atoms with E-state index < -0.39 is 212 Å². The second kappa shape index (κ2) is 35.8. The van der Waals surface area contributed by atoms with Crippen molar-refractivity contribution in [2.45, 2.75) is 212 Å². The number of alkyl halides is 2. The molecule has 11 amide bonds. The Hall–Kier alpha value is -7.92. The molecule has 17 atom stereocenters. The molecule has 1 heterocycles. The minimum Gasteiger partial charge on any atom is -0.458 e. The van der Waals surface area contributed by atoms with Gasteiger partial charge in [-0.3, -0.25) is 52.7 Å². The second-order valence-corrected chi connectivity index (χ2v) is 24.4. The van der Waals surface area contributed by atoms with E-state index in [4.69, 9.17) is 10.5 Å². The number of hydrogen-bond acceptors (Lipinski definition) is 16. The monoisotopic (exact) mass is 1300 g/mol. The number of likely N-dealkylation sites (N-methyl/N-ethyl adjacent to an activating group) is 1. The summed E-state index contributed by atoms with van der Waals surface area (Å²) in [7, 11) is 1.61. The van der Waals surface area contributed by atoms with Crippen molar-refractivity contribution in [2.75, 3.05) is 20.3 Å². The molecule has 2 fully saturated rings. The lowest BCUT2D eigenvalue weighted by Crippen LogP contribution is -2.63. The van der Waals surface area contributed by atoms with Gasteiger partial charge in [-0.15, -0.1) is 0 Å². The Morgan fingerprint density at radius 2 is 1.14 bits per heavy atom. The van der Waals surface area contributed by atoms with E-state index in [0.29, 0.717) is 25.7 Å². The first kappa shape index (κ1) is 76.5. The Balaban J connectivity index is 1.50. The molecule has 29 heteroatoms. The zero-order valence-corrected chi connectivity index (χ0v) is 54.4. The molecule has 0 aromatic heterocycles. The topological polar surface area (TPSA) is 413 Å². The van der Waals surface area contributed by atoms with Gasteiger partial charge in [-0.25, -0.2) is 13.6 Å². The van der Waals surface area contributed by atoms with E-state index in [1.54, 1.807) is 62.4 Å². The highest BCUT2D eigenvalue weighted by Crippen LogP contribution is 2.48. The van der Waals surface area contributed by atoms with Crippen LogP contribution in [0.25, 0.3) is 10.8 Å². The molecule has 1 saturated carbocycles. The zero-order chi connectivity index (χ0) is 68.9. The fraction of sp³-hybridized carbons (Fsp3) is 0.651. The summed E-state index contributed by atoms with van der Waals surface area (Å²) in [6, 6.07) is -0.881. The average Bonchev–Trinajstić information content (AvgIpc) is 1.58. The molecule has 92 heavy (non-hydrogen) atoms. The van der Waals surface area contributed by atoms with Gasteiger partial charge in [-0.2, -0.15) is 0 Å². The van der Waals surface area contributed by atoms with Crippen LogP contribution in [0.4, 0.5) is 8.78 Å². The van der Waals surface area contributed by atoms with Gasteiger partial charge in [0.15, 0.2) is 0 Å². The van der Waals surface area contributed by atoms with Crippen LogP contribution in [0.3, 0.4) is 0 Å². The number of nitrogens with one attached hydrogen (secondary N) is 11. The van der Waals surface area contributed by atoms with E-state index in [1.807, 2.05) is 42.5 Å². The number of aliphatic hydroxyl groups excluding tert-OH is 2. The maximum atomic E-state index is 14.4. The summed E-state index contributed by atoms with van der Waals surface area (Å²) in [6.07, 6.45) is -4.12. The molecule has 1 saturated heterocycles. The molecule has 512 valence electrons. The fourth-order valence-corrected chi connectivity index (χ4v) is 10.6. The number of cyclic esters (lactones) is 1. The van der Waals surface area contributed by atoms with E-state index in [0.717, 1.165) is 16.3 Å². The van der Waals surface area contributed by atoms with Gasteiger partial charge in [-0.1, -0.05) is 124 Å². The van der Waals surface area contributed by atoms with Crippen LogP contribution < -0.4 is 64.2 Å². The minimum atomic E-state index is -2.83. The van der Waals surface area contributed by atoms with Crippen molar-refractivity contribution in [3.05, 3.63) is 48.0 Å². The lowest BCUT2D eigenvalue weighted by Gasteiger charge is -2.31. The van der Waals surface area contributed by atoms with Crippen LogP contribution in [-0.4, -0.2) is 180 Å². The maximum Gasteiger partial charge on any atom is 0.329 e. The second-order valence-electron chi connectivity index (χ2n) is 24.4. The van der Waals surface area contributed by atoms with Gasteiger partial charge in [0.25, 0.3) is 0 Å². The summed E-state index contributed by atoms with van der Waals surface area (Å²) in [4.78, 5) is 166. The van der Waals surface area contributed by atoms with Gasteiger partial charge in [0.1, 0.15) is 66.0 Å². The predicted octanol–water partition coefficient (Wildman–Crippen LogP) is -0.347. The van der Waals surface area contributed by atoms with Crippen LogP contribution in [0.5, 0.6) is 0 Å². The molecule has 15 N–H and O–H groups in total. The van der Waals surface area contributed by atoms with Gasteiger partial charge in [0.2, 0.25) is 71.4 Å². The van der Waals surface area contributed by atoms with E-state index in [1.165, 1.54) is 13.8 Å². The number of amides is 11. The molecule has 1 spiro atoms. The van der Waals surface area contributed by atoms with Crippen LogP contribution in [0, 0.1) is 29.6 Å². The number of rotatable bonds is 33. The number of aryl methyl sites for hydroxylation is 1. The first-order valence-electron chi connectivity index (χ1n) is 31.6. The number of aliphatic hydroxyl groups is 2. The highest BCUT2D eigenvalue weighted by molar-refractivity contribution is 6.01. The molecular formula is C63H96F2N12O15. The Bertz CT molecular complexity index is 2940. The Labute approximate surface area is 535 Å². The van der Waals surface area contributed by atoms with Crippen molar-refractivity contribution in [2.24, 2.45) is 35.3 Å². The van der Waals surface area contributed by atoms with Gasteiger partial charge in [0, 0.05) is 12.8 Å². The lowest BCUT2D eigenvalue weighted by atomic mass is 9.94. The summed E-state index contributed by atoms with van der Waals surface area (Å²) >= 11 is 0. The van der Waals surface area contributed by atoms with Crippen LogP contribution >= 0.6 is 0 Å². The highest BCUT2D eigenvalue weighted by atomic mass is 19.3. The van der Waals surface area contributed by atoms with Crippen LogP contribution in [-0.2, 0) is 68.7 Å². The zero-order valence-electron chi connectivity index (χ0n) is 54.4. The molecular weight excluding hydrogens is 1200 g/mol. The van der Waals surface area contributed by atoms with Crippen molar-refractivity contribution < 1.29 is 81.3 Å².